The summed E-state index contributed by atoms with van der Waals surface area (Å²) >= 11 is 6.24. The number of carbonyl (C=O) groups excluding carboxylic acids is 1. The van der Waals surface area contributed by atoms with Crippen molar-refractivity contribution in [2.75, 3.05) is 18.5 Å². The molecule has 0 aromatic heterocycles. The minimum Gasteiger partial charge on any atom is -0.411 e. The van der Waals surface area contributed by atoms with Crippen molar-refractivity contribution >= 4 is 39.2 Å². The molecule has 2 aliphatic carbocycles. The first-order chi connectivity index (χ1) is 17.4. The number of benzene rings is 2. The fourth-order valence-corrected chi connectivity index (χ4v) is 8.28. The van der Waals surface area contributed by atoms with Crippen molar-refractivity contribution in [1.82, 2.24) is 0 Å². The molecule has 3 N–H and O–H groups in total. The predicted molar refractivity (Wildman–Crippen MR) is 128 cm³/mol. The van der Waals surface area contributed by atoms with Gasteiger partial charge < -0.3 is 20.4 Å². The van der Waals surface area contributed by atoms with E-state index in [1.807, 2.05) is 0 Å². The second-order valence-electron chi connectivity index (χ2n) is 9.41. The van der Waals surface area contributed by atoms with Gasteiger partial charge in [-0.25, -0.2) is 21.6 Å². The van der Waals surface area contributed by atoms with E-state index in [-0.39, 0.29) is 59.1 Å². The molecule has 2 bridgehead atoms. The smallest absolute Gasteiger partial charge is 0.255 e. The lowest BCUT2D eigenvalue weighted by Gasteiger charge is -2.40. The SMILES string of the molecule is O=C(Nc1cc(F)c(F)c(F)c1)c1ccc(Cl)c(S(=O)(=O)C2C3CC[C@H]2C[C@](O)(COC/C=N/O)C3)c1. The summed E-state index contributed by atoms with van der Waals surface area (Å²) in [6, 6.07) is 4.80. The summed E-state index contributed by atoms with van der Waals surface area (Å²) in [5.41, 5.74) is -1.71. The normalized spacial score (nSPS) is 25.5. The molecule has 0 aliphatic heterocycles. The number of sulfone groups is 1. The summed E-state index contributed by atoms with van der Waals surface area (Å²) in [6.45, 7) is -0.0443. The molecule has 1 amide bonds. The number of nitrogens with one attached hydrogen (secondary N) is 1. The van der Waals surface area contributed by atoms with E-state index >= 15 is 0 Å². The van der Waals surface area contributed by atoms with Crippen molar-refractivity contribution in [3.63, 3.8) is 0 Å². The van der Waals surface area contributed by atoms with Crippen LogP contribution in [-0.2, 0) is 14.6 Å². The summed E-state index contributed by atoms with van der Waals surface area (Å²) in [5.74, 6) is -6.28. The molecular formula is C24H24ClF3N2O6S. The molecule has 0 spiro atoms. The lowest BCUT2D eigenvalue weighted by Crippen LogP contribution is -2.48. The second kappa shape index (κ2) is 10.6. The van der Waals surface area contributed by atoms with Gasteiger partial charge in [-0.2, -0.15) is 0 Å². The van der Waals surface area contributed by atoms with Gasteiger partial charge in [0.05, 0.1) is 40.2 Å². The Morgan fingerprint density at radius 3 is 2.38 bits per heavy atom. The van der Waals surface area contributed by atoms with Crippen LogP contribution in [0, 0.1) is 29.3 Å². The van der Waals surface area contributed by atoms with Crippen LogP contribution >= 0.6 is 11.6 Å². The number of aliphatic hydroxyl groups is 1. The number of halogens is 4. The maximum atomic E-state index is 13.7. The third-order valence-electron chi connectivity index (χ3n) is 6.87. The minimum atomic E-state index is -4.04. The Morgan fingerprint density at radius 1 is 1.16 bits per heavy atom. The molecule has 2 fully saturated rings. The number of anilines is 1. The van der Waals surface area contributed by atoms with Gasteiger partial charge in [0, 0.05) is 23.4 Å². The van der Waals surface area contributed by atoms with Gasteiger partial charge in [0.15, 0.2) is 27.3 Å². The summed E-state index contributed by atoms with van der Waals surface area (Å²) in [7, 11) is -4.04. The molecule has 200 valence electrons. The van der Waals surface area contributed by atoms with Crippen LogP contribution in [0.1, 0.15) is 36.0 Å². The summed E-state index contributed by atoms with van der Waals surface area (Å²) < 4.78 is 73.0. The van der Waals surface area contributed by atoms with Gasteiger partial charge in [-0.3, -0.25) is 4.79 Å². The summed E-state index contributed by atoms with van der Waals surface area (Å²) in [5, 5.41) is 23.6. The number of carbonyl (C=O) groups is 1. The Bertz CT molecular complexity index is 1300. The molecule has 8 nitrogen and oxygen atoms in total. The molecule has 2 saturated carbocycles. The van der Waals surface area contributed by atoms with E-state index in [9.17, 15) is 31.5 Å². The number of ether oxygens (including phenoxy) is 1. The van der Waals surface area contributed by atoms with Gasteiger partial charge in [0.2, 0.25) is 0 Å². The zero-order valence-electron chi connectivity index (χ0n) is 19.3. The fourth-order valence-electron chi connectivity index (χ4n) is 5.44. The molecule has 37 heavy (non-hydrogen) atoms. The van der Waals surface area contributed by atoms with Crippen LogP contribution in [0.5, 0.6) is 0 Å². The molecule has 0 radical (unpaired) electrons. The van der Waals surface area contributed by atoms with E-state index in [0.717, 1.165) is 12.3 Å². The highest BCUT2D eigenvalue weighted by atomic mass is 35.5. The van der Waals surface area contributed by atoms with E-state index in [4.69, 9.17) is 21.5 Å². The highest BCUT2D eigenvalue weighted by Crippen LogP contribution is 2.51. The van der Waals surface area contributed by atoms with E-state index in [0.29, 0.717) is 25.0 Å². The summed E-state index contributed by atoms with van der Waals surface area (Å²) in [6.07, 6.45) is 2.65. The zero-order chi connectivity index (χ0) is 27.0. The molecule has 2 aliphatic rings. The standard InChI is InChI=1S/C24H24ClF3N2O6S/c25-17-4-3-13(23(31)30-16-8-18(26)21(28)19(27)9-16)7-20(17)37(34,35)22-14-1-2-15(22)11-24(32,10-14)12-36-6-5-29-33/h3-5,7-9,14-15,22,32-33H,1-2,6,10-12H2,(H,30,31)/b29-5+/t14-,15?,22?,24+/m0/s1. The van der Waals surface area contributed by atoms with Crippen LogP contribution in [0.4, 0.5) is 18.9 Å². The first kappa shape index (κ1) is 27.4. The minimum absolute atomic E-state index is 0.00244. The van der Waals surface area contributed by atoms with Crippen LogP contribution in [0.3, 0.4) is 0 Å². The Hall–Kier alpha value is -2.67. The fraction of sp³-hybridized carbons (Fsp3) is 0.417. The Labute approximate surface area is 216 Å². The van der Waals surface area contributed by atoms with Gasteiger partial charge in [-0.05, 0) is 55.7 Å². The number of nitrogens with zero attached hydrogens (tertiary/aromatic N) is 1. The number of rotatable bonds is 8. The maximum absolute atomic E-state index is 13.7. The first-order valence-corrected chi connectivity index (χ1v) is 13.3. The number of amides is 1. The topological polar surface area (TPSA) is 125 Å². The van der Waals surface area contributed by atoms with Crippen molar-refractivity contribution in [3.8, 4) is 0 Å². The molecule has 0 heterocycles. The van der Waals surface area contributed by atoms with Crippen LogP contribution in [0.15, 0.2) is 40.4 Å². The monoisotopic (exact) mass is 560 g/mol. The molecule has 13 heteroatoms. The van der Waals surface area contributed by atoms with Crippen LogP contribution in [0.25, 0.3) is 0 Å². The van der Waals surface area contributed by atoms with Gasteiger partial charge in [0.1, 0.15) is 0 Å². The van der Waals surface area contributed by atoms with Crippen LogP contribution < -0.4 is 5.32 Å². The van der Waals surface area contributed by atoms with Gasteiger partial charge in [-0.15, -0.1) is 0 Å². The largest absolute Gasteiger partial charge is 0.411 e. The molecular weight excluding hydrogens is 537 g/mol. The average Bonchev–Trinajstić information content (AvgIpc) is 3.13. The van der Waals surface area contributed by atoms with Gasteiger partial charge in [-0.1, -0.05) is 16.8 Å². The van der Waals surface area contributed by atoms with Gasteiger partial charge in [0.25, 0.3) is 5.91 Å². The van der Waals surface area contributed by atoms with Crippen molar-refractivity contribution in [2.24, 2.45) is 17.0 Å². The number of oxime groups is 1. The lowest BCUT2D eigenvalue weighted by atomic mass is 9.77. The molecule has 4 atom stereocenters. The summed E-state index contributed by atoms with van der Waals surface area (Å²) in [4.78, 5) is 12.4. The number of hydrogen-bond acceptors (Lipinski definition) is 7. The lowest BCUT2D eigenvalue weighted by molar-refractivity contribution is -0.0759. The molecule has 4 rings (SSSR count). The molecule has 2 aromatic carbocycles. The number of hydrogen-bond donors (Lipinski definition) is 3. The van der Waals surface area contributed by atoms with E-state index in [1.54, 1.807) is 0 Å². The van der Waals surface area contributed by atoms with Crippen LogP contribution in [0.2, 0.25) is 5.02 Å². The van der Waals surface area contributed by atoms with Crippen molar-refractivity contribution in [3.05, 3.63) is 58.4 Å². The van der Waals surface area contributed by atoms with E-state index in [1.165, 1.54) is 12.1 Å². The highest BCUT2D eigenvalue weighted by Gasteiger charge is 2.54. The maximum Gasteiger partial charge on any atom is 0.255 e. The van der Waals surface area contributed by atoms with Crippen LogP contribution in [-0.4, -0.2) is 54.9 Å². The number of fused-ring (bicyclic) bond motifs is 2. The Balaban J connectivity index is 1.55. The van der Waals surface area contributed by atoms with E-state index in [2.05, 4.69) is 10.5 Å². The van der Waals surface area contributed by atoms with E-state index < -0.39 is 44.0 Å². The van der Waals surface area contributed by atoms with Gasteiger partial charge >= 0.3 is 0 Å². The van der Waals surface area contributed by atoms with Crippen molar-refractivity contribution < 1.29 is 41.4 Å². The molecule has 2 unspecified atom stereocenters. The first-order valence-electron chi connectivity index (χ1n) is 11.4. The third-order valence-corrected chi connectivity index (χ3v) is 9.75. The van der Waals surface area contributed by atoms with Crippen molar-refractivity contribution in [1.29, 1.82) is 0 Å². The highest BCUT2D eigenvalue weighted by molar-refractivity contribution is 7.92. The zero-order valence-corrected chi connectivity index (χ0v) is 20.9. The second-order valence-corrected chi connectivity index (χ2v) is 11.9. The predicted octanol–water partition coefficient (Wildman–Crippen LogP) is 4.18. The Morgan fingerprint density at radius 2 is 1.78 bits per heavy atom. The third kappa shape index (κ3) is 5.62. The van der Waals surface area contributed by atoms with Crippen molar-refractivity contribution in [2.45, 2.75) is 41.4 Å². The molecule has 2 aromatic rings. The quantitative estimate of drug-likeness (QED) is 0.146. The Kier molecular flexibility index (Phi) is 7.84. The average molecular weight is 561 g/mol. The molecule has 0 saturated heterocycles.